The number of fused-ring (bicyclic) bond motifs is 6. The van der Waals surface area contributed by atoms with Crippen LogP contribution in [0.5, 0.6) is 11.6 Å². The molecule has 0 fully saturated rings. The number of benzene rings is 5. The molecule has 3 aromatic heterocycles. The Hall–Kier alpha value is -7.43. The highest BCUT2D eigenvalue weighted by molar-refractivity contribution is 7.99. The lowest BCUT2D eigenvalue weighted by Crippen LogP contribution is -2.08. The minimum atomic E-state index is -4.90. The first-order valence-electron chi connectivity index (χ1n) is 22.6. The minimum absolute atomic E-state index is 0.0188. The van der Waals surface area contributed by atoms with E-state index >= 15 is 0 Å². The van der Waals surface area contributed by atoms with Crippen LogP contribution in [0.1, 0.15) is 35.1 Å². The number of thiazole rings is 1. The van der Waals surface area contributed by atoms with E-state index in [2.05, 4.69) is 46.7 Å². The van der Waals surface area contributed by atoms with Crippen LogP contribution in [0.4, 0.5) is 33.6 Å². The first-order valence-corrected chi connectivity index (χ1v) is 32.9. The lowest BCUT2D eigenvalue weighted by molar-refractivity contribution is 0.282. The highest BCUT2D eigenvalue weighted by Crippen LogP contribution is 2.44. The molecule has 0 spiro atoms. The number of aromatic nitrogens is 3. The summed E-state index contributed by atoms with van der Waals surface area (Å²) in [6, 6.07) is 17.0. The molecule has 0 saturated heterocycles. The van der Waals surface area contributed by atoms with Crippen LogP contribution in [0.15, 0.2) is 112 Å². The van der Waals surface area contributed by atoms with Gasteiger partial charge in [0.1, 0.15) is 33.5 Å². The van der Waals surface area contributed by atoms with Crippen molar-refractivity contribution >= 4 is 168 Å². The molecular formula is C44H37ClN10O21S8. The summed E-state index contributed by atoms with van der Waals surface area (Å²) in [5.41, 5.74) is 1.74. The topological polar surface area (TPSA) is 498 Å². The number of thioether (sulfide) groups is 1. The van der Waals surface area contributed by atoms with Crippen LogP contribution in [-0.4, -0.2) is 126 Å². The Morgan fingerprint density at radius 3 is 1.99 bits per heavy atom. The zero-order valence-electron chi connectivity index (χ0n) is 42.2. The molecule has 0 unspecified atom stereocenters. The summed E-state index contributed by atoms with van der Waals surface area (Å²) in [6.45, 7) is 2.25. The number of nitrogens with zero attached hydrogens (tertiary/aromatic N) is 10. The molecule has 8 rings (SSSR count). The van der Waals surface area contributed by atoms with E-state index in [0.29, 0.717) is 26.5 Å². The number of imidazole rings is 1. The molecule has 5 aromatic carbocycles. The fourth-order valence-corrected chi connectivity index (χ4v) is 12.0. The number of nitriles is 1. The standard InChI is InChI=1S/C44H37ClN10O15S6.2O3S/c1-22-13-33(51-53-39-23(2)29(20-46)42-47-30-8-6-26(45)16-35(30)55(42)43(39)57)36(70-9-3-11-73(58,59)60)18-31(22)49-52-34-14-25(21-56)32(19-37(34)71-10-4-12-74(61,62)63)50-54-44-48-40-38(76(67,68)69)15-24-5-7-27(75(64,65)66)17-28(24)41(40)72-44;2*1-4(2)3/h5-8,13-19,56-57H,3-4,9-12,21H2,1-2H3,(H,58,59,60)(H,61,62,63)(H,64,65,66)(H,67,68,69);;. The molecule has 6 N–H and O–H groups in total. The normalized spacial score (nSPS) is 12.3. The Bertz CT molecular complexity index is 4790. The SMILES string of the molecule is Cc1cc(N=Nc2c(C)c(C#N)c3nc4ccc(Cl)cc4n3c2O)c(OCCCS(=O)(=O)O)cc1N=Nc1cc(CO)c(N=Nc2nc3c(S(=O)(=O)O)cc4ccc(S(=O)(=O)O)cc4c3s2)cc1SCCCS(=O)(=O)O.O=S(=O)=O.O=S(=O)=O. The summed E-state index contributed by atoms with van der Waals surface area (Å²) in [5, 5.41) is 58.6. The molecule has 0 aliphatic carbocycles. The Morgan fingerprint density at radius 2 is 1.37 bits per heavy atom. The Morgan fingerprint density at radius 1 is 0.738 bits per heavy atom. The second-order valence-electron chi connectivity index (χ2n) is 16.8. The third-order valence-electron chi connectivity index (χ3n) is 11.1. The number of aryl methyl sites for hydroxylation is 1. The van der Waals surface area contributed by atoms with Crippen LogP contribution < -0.4 is 4.74 Å². The van der Waals surface area contributed by atoms with E-state index in [0.717, 1.165) is 41.3 Å². The zero-order valence-corrected chi connectivity index (χ0v) is 49.5. The largest absolute Gasteiger partial charge is 0.493 e. The van der Waals surface area contributed by atoms with Gasteiger partial charge in [-0.05, 0) is 98.0 Å². The molecule has 3 heterocycles. The lowest BCUT2D eigenvalue weighted by atomic mass is 10.1. The van der Waals surface area contributed by atoms with E-state index in [-0.39, 0.29) is 108 Å². The summed E-state index contributed by atoms with van der Waals surface area (Å²) >= 11 is 8.08. The molecule has 0 atom stereocenters. The monoisotopic (exact) mass is 1330 g/mol. The molecule has 31 nitrogen and oxygen atoms in total. The molecular weight excluding hydrogens is 1300 g/mol. The second-order valence-corrected chi connectivity index (χ2v) is 26.1. The number of ether oxygens (including phenoxy) is 1. The van der Waals surface area contributed by atoms with Gasteiger partial charge in [0.25, 0.3) is 40.5 Å². The van der Waals surface area contributed by atoms with Crippen molar-refractivity contribution in [2.24, 2.45) is 30.7 Å². The third kappa shape index (κ3) is 17.1. The van der Waals surface area contributed by atoms with Crippen molar-refractivity contribution in [3.8, 4) is 17.7 Å². The van der Waals surface area contributed by atoms with Gasteiger partial charge in [-0.1, -0.05) is 29.0 Å². The number of halogens is 1. The number of pyridine rings is 1. The molecule has 0 radical (unpaired) electrons. The van der Waals surface area contributed by atoms with Crippen LogP contribution >= 0.6 is 34.7 Å². The Balaban J connectivity index is 0.00000133. The fourth-order valence-electron chi connectivity index (χ4n) is 7.50. The number of rotatable bonds is 19. The minimum Gasteiger partial charge on any atom is -0.493 e. The van der Waals surface area contributed by atoms with E-state index in [9.17, 15) is 67.4 Å². The van der Waals surface area contributed by atoms with E-state index in [1.807, 2.05) is 0 Å². The van der Waals surface area contributed by atoms with Gasteiger partial charge in [0.15, 0.2) is 11.3 Å². The molecule has 40 heteroatoms. The molecule has 0 saturated carbocycles. The van der Waals surface area contributed by atoms with E-state index in [1.54, 1.807) is 32.0 Å². The molecule has 444 valence electrons. The lowest BCUT2D eigenvalue weighted by Gasteiger charge is -2.12. The number of hydrogen-bond donors (Lipinski definition) is 6. The summed E-state index contributed by atoms with van der Waals surface area (Å²) in [6.07, 6.45) is -0.193. The first-order chi connectivity index (χ1) is 39.2. The van der Waals surface area contributed by atoms with Crippen molar-refractivity contribution in [2.45, 2.75) is 48.0 Å². The van der Waals surface area contributed by atoms with E-state index in [4.69, 9.17) is 41.6 Å². The highest BCUT2D eigenvalue weighted by atomic mass is 35.5. The fraction of sp³-hybridized carbons (Fsp3) is 0.205. The molecule has 84 heavy (non-hydrogen) atoms. The predicted molar refractivity (Wildman–Crippen MR) is 299 cm³/mol. The molecule has 0 aliphatic heterocycles. The quantitative estimate of drug-likeness (QED) is 0.0191. The van der Waals surface area contributed by atoms with Crippen LogP contribution in [0, 0.1) is 25.2 Å². The van der Waals surface area contributed by atoms with Gasteiger partial charge in [0, 0.05) is 32.5 Å². The predicted octanol–water partition coefficient (Wildman–Crippen LogP) is 8.35. The van der Waals surface area contributed by atoms with E-state index < -0.39 is 95.5 Å². The number of aliphatic hydroxyl groups is 1. The average Bonchev–Trinajstić information content (AvgIpc) is 2.50. The maximum atomic E-state index is 12.5. The summed E-state index contributed by atoms with van der Waals surface area (Å²) in [5.74, 6) is -1.57. The van der Waals surface area contributed by atoms with Gasteiger partial charge in [-0.15, -0.1) is 62.6 Å². The molecule has 8 aromatic rings. The summed E-state index contributed by atoms with van der Waals surface area (Å²) in [7, 11) is -24.5. The van der Waals surface area contributed by atoms with Crippen molar-refractivity contribution in [1.29, 1.82) is 5.26 Å². The van der Waals surface area contributed by atoms with Gasteiger partial charge in [0.2, 0.25) is 11.0 Å². The summed E-state index contributed by atoms with van der Waals surface area (Å²) in [4.78, 5) is 7.89. The van der Waals surface area contributed by atoms with Gasteiger partial charge in [-0.25, -0.2) is 9.97 Å². The van der Waals surface area contributed by atoms with Gasteiger partial charge in [0.05, 0.1) is 62.4 Å². The van der Waals surface area contributed by atoms with Crippen molar-refractivity contribution in [3.05, 3.63) is 94.0 Å². The first kappa shape index (κ1) is 65.7. The Labute approximate surface area is 490 Å². The number of aliphatic hydroxyl groups excluding tert-OH is 1. The second kappa shape index (κ2) is 27.1. The number of aromatic hydroxyl groups is 1. The van der Waals surface area contributed by atoms with Crippen molar-refractivity contribution in [2.75, 3.05) is 23.9 Å². The average molecular weight is 1330 g/mol. The van der Waals surface area contributed by atoms with Crippen LogP contribution in [-0.2, 0) is 68.3 Å². The molecule has 0 bridgehead atoms. The molecule has 0 aliphatic rings. The van der Waals surface area contributed by atoms with Gasteiger partial charge in [-0.2, -0.15) is 44.0 Å². The van der Waals surface area contributed by atoms with Gasteiger partial charge < -0.3 is 14.9 Å². The number of hydrogen-bond acceptors (Lipinski definition) is 28. The van der Waals surface area contributed by atoms with Crippen LogP contribution in [0.2, 0.25) is 5.02 Å². The van der Waals surface area contributed by atoms with Crippen molar-refractivity contribution in [1.82, 2.24) is 14.4 Å². The number of azo groups is 3. The van der Waals surface area contributed by atoms with E-state index in [1.165, 1.54) is 34.7 Å². The van der Waals surface area contributed by atoms with Crippen LogP contribution in [0.3, 0.4) is 0 Å². The smallest absolute Gasteiger partial charge is 0.425 e. The van der Waals surface area contributed by atoms with Gasteiger partial charge in [-0.3, -0.25) is 22.6 Å². The maximum absolute atomic E-state index is 12.5. The van der Waals surface area contributed by atoms with Crippen molar-refractivity contribution < 1.29 is 92.1 Å². The third-order valence-corrected chi connectivity index (χ3v) is 16.7. The zero-order chi connectivity index (χ0) is 62.2. The van der Waals surface area contributed by atoms with Crippen LogP contribution in [0.25, 0.3) is 37.7 Å². The van der Waals surface area contributed by atoms with Gasteiger partial charge >= 0.3 is 21.2 Å². The molecule has 0 amide bonds. The maximum Gasteiger partial charge on any atom is 0.425 e. The highest BCUT2D eigenvalue weighted by Gasteiger charge is 2.24. The van der Waals surface area contributed by atoms with Crippen molar-refractivity contribution in [3.63, 3.8) is 0 Å². The Kier molecular flexibility index (Phi) is 21.2. The summed E-state index contributed by atoms with van der Waals surface area (Å²) < 4.78 is 191.